The van der Waals surface area contributed by atoms with Crippen LogP contribution >= 0.6 is 0 Å². The zero-order valence-electron chi connectivity index (χ0n) is 17.2. The molecule has 1 fully saturated rings. The van der Waals surface area contributed by atoms with Crippen molar-refractivity contribution in [3.8, 4) is 5.75 Å². The summed E-state index contributed by atoms with van der Waals surface area (Å²) in [5.41, 5.74) is 12.8. The van der Waals surface area contributed by atoms with Crippen molar-refractivity contribution >= 4 is 16.9 Å². The quantitative estimate of drug-likeness (QED) is 0.321. The molecule has 7 heteroatoms. The Morgan fingerprint density at radius 1 is 1.27 bits per heavy atom. The standard InChI is InChI=1S/C23H28N4O3/c1-14(16-7-4-6-10-20(16)30-2)11-21(24)26-27-19(22(27)23(28)29)12-15-13-25-18-9-5-3-8-17(15)18/h3-10,13-14,19,21-22,25-26H,11-12,24H2,1-2H3,(H,28,29)/t14?,19-,21?,22-,27?/m1/s1. The van der Waals surface area contributed by atoms with Crippen molar-refractivity contribution < 1.29 is 14.6 Å². The number of carbonyl (C=O) groups is 1. The van der Waals surface area contributed by atoms with Gasteiger partial charge in [-0.05, 0) is 42.0 Å². The minimum Gasteiger partial charge on any atom is -0.496 e. The fraction of sp³-hybridized carbons (Fsp3) is 0.348. The van der Waals surface area contributed by atoms with E-state index in [0.29, 0.717) is 12.8 Å². The number of carboxylic acids is 1. The molecule has 0 amide bonds. The maximum atomic E-state index is 11.7. The van der Waals surface area contributed by atoms with Gasteiger partial charge in [0.05, 0.1) is 19.3 Å². The van der Waals surface area contributed by atoms with Gasteiger partial charge in [0, 0.05) is 17.1 Å². The molecule has 1 aromatic heterocycles. The van der Waals surface area contributed by atoms with E-state index in [0.717, 1.165) is 27.8 Å². The number of hydrogen-bond acceptors (Lipinski definition) is 5. The summed E-state index contributed by atoms with van der Waals surface area (Å²) in [6.07, 6.45) is 2.90. The summed E-state index contributed by atoms with van der Waals surface area (Å²) >= 11 is 0. The van der Waals surface area contributed by atoms with Crippen LogP contribution < -0.4 is 15.9 Å². The lowest BCUT2D eigenvalue weighted by atomic mass is 9.96. The number of rotatable bonds is 9. The number of ether oxygens (including phenoxy) is 1. The SMILES string of the molecule is COc1ccccc1C(C)CC(N)NN1[C@H](Cc2c[nH]c3ccccc23)[C@@H]1C(=O)O. The molecule has 5 N–H and O–H groups in total. The molecule has 0 radical (unpaired) electrons. The highest BCUT2D eigenvalue weighted by Gasteiger charge is 2.53. The van der Waals surface area contributed by atoms with Crippen molar-refractivity contribution in [3.05, 3.63) is 65.9 Å². The number of carboxylic acid groups (broad SMARTS) is 1. The number of para-hydroxylation sites is 2. The molecule has 158 valence electrons. The second-order valence-corrected chi connectivity index (χ2v) is 7.94. The predicted octanol–water partition coefficient (Wildman–Crippen LogP) is 2.84. The molecule has 5 atom stereocenters. The first-order chi connectivity index (χ1) is 14.5. The molecule has 3 aromatic rings. The number of H-pyrrole nitrogens is 1. The number of aliphatic carboxylic acids is 1. The molecule has 0 bridgehead atoms. The summed E-state index contributed by atoms with van der Waals surface area (Å²) in [6, 6.07) is 15.2. The second kappa shape index (κ2) is 8.47. The maximum absolute atomic E-state index is 11.7. The topological polar surface area (TPSA) is 103 Å². The van der Waals surface area contributed by atoms with Crippen LogP contribution in [0.2, 0.25) is 0 Å². The van der Waals surface area contributed by atoms with Gasteiger partial charge in [-0.25, -0.2) is 10.4 Å². The van der Waals surface area contributed by atoms with Crippen LogP contribution in [0.4, 0.5) is 0 Å². The van der Waals surface area contributed by atoms with Gasteiger partial charge < -0.3 is 20.6 Å². The van der Waals surface area contributed by atoms with Gasteiger partial charge in [-0.15, -0.1) is 0 Å². The van der Waals surface area contributed by atoms with Gasteiger partial charge in [0.1, 0.15) is 11.8 Å². The molecular formula is C23H28N4O3. The third-order valence-electron chi connectivity index (χ3n) is 5.88. The van der Waals surface area contributed by atoms with Crippen LogP contribution in [0.3, 0.4) is 0 Å². The zero-order valence-corrected chi connectivity index (χ0v) is 17.2. The van der Waals surface area contributed by atoms with E-state index >= 15 is 0 Å². The Morgan fingerprint density at radius 3 is 2.77 bits per heavy atom. The smallest absolute Gasteiger partial charge is 0.324 e. The molecule has 0 aliphatic carbocycles. The molecular weight excluding hydrogens is 380 g/mol. The second-order valence-electron chi connectivity index (χ2n) is 7.94. The van der Waals surface area contributed by atoms with Crippen LogP contribution in [0.1, 0.15) is 30.4 Å². The van der Waals surface area contributed by atoms with Crippen LogP contribution in [-0.4, -0.2) is 46.4 Å². The number of nitrogens with zero attached hydrogens (tertiary/aromatic N) is 1. The van der Waals surface area contributed by atoms with E-state index in [9.17, 15) is 9.90 Å². The van der Waals surface area contributed by atoms with E-state index in [1.807, 2.05) is 48.7 Å². The van der Waals surface area contributed by atoms with E-state index in [1.165, 1.54) is 0 Å². The fourth-order valence-electron chi connectivity index (χ4n) is 4.30. The Morgan fingerprint density at radius 2 is 2.00 bits per heavy atom. The number of hydrazine groups is 1. The molecule has 2 aromatic carbocycles. The molecule has 7 nitrogen and oxygen atoms in total. The average Bonchev–Trinajstić information content (AvgIpc) is 3.25. The van der Waals surface area contributed by atoms with E-state index in [2.05, 4.69) is 23.4 Å². The highest BCUT2D eigenvalue weighted by atomic mass is 16.5. The highest BCUT2D eigenvalue weighted by Crippen LogP contribution is 2.33. The van der Waals surface area contributed by atoms with Gasteiger partial charge in [-0.3, -0.25) is 4.79 Å². The first-order valence-corrected chi connectivity index (χ1v) is 10.2. The lowest BCUT2D eigenvalue weighted by molar-refractivity contribution is -0.137. The Hall–Kier alpha value is -2.87. The molecule has 1 aliphatic rings. The van der Waals surface area contributed by atoms with Crippen LogP contribution in [-0.2, 0) is 11.2 Å². The molecule has 1 aliphatic heterocycles. The van der Waals surface area contributed by atoms with Crippen molar-refractivity contribution in [3.63, 3.8) is 0 Å². The summed E-state index contributed by atoms with van der Waals surface area (Å²) < 4.78 is 5.45. The van der Waals surface area contributed by atoms with Gasteiger partial charge in [0.15, 0.2) is 0 Å². The number of hydrogen-bond donors (Lipinski definition) is 4. The van der Waals surface area contributed by atoms with Crippen LogP contribution in [0.5, 0.6) is 5.75 Å². The maximum Gasteiger partial charge on any atom is 0.324 e. The van der Waals surface area contributed by atoms with Crippen molar-refractivity contribution in [1.82, 2.24) is 15.4 Å². The number of benzene rings is 2. The zero-order chi connectivity index (χ0) is 21.3. The average molecular weight is 409 g/mol. The third kappa shape index (κ3) is 4.05. The van der Waals surface area contributed by atoms with Crippen LogP contribution in [0.15, 0.2) is 54.7 Å². The Bertz CT molecular complexity index is 1030. The molecule has 0 saturated carbocycles. The largest absolute Gasteiger partial charge is 0.496 e. The Labute approximate surface area is 175 Å². The predicted molar refractivity (Wildman–Crippen MR) is 116 cm³/mol. The first-order valence-electron chi connectivity index (χ1n) is 10.2. The van der Waals surface area contributed by atoms with Gasteiger partial charge in [0.2, 0.25) is 0 Å². The van der Waals surface area contributed by atoms with Crippen molar-refractivity contribution in [1.29, 1.82) is 0 Å². The van der Waals surface area contributed by atoms with E-state index in [-0.39, 0.29) is 18.1 Å². The van der Waals surface area contributed by atoms with Crippen molar-refractivity contribution in [2.45, 2.75) is 43.9 Å². The normalized spacial score (nSPS) is 22.6. The summed E-state index contributed by atoms with van der Waals surface area (Å²) in [6.45, 7) is 2.10. The van der Waals surface area contributed by atoms with Crippen molar-refractivity contribution in [2.24, 2.45) is 5.73 Å². The number of aromatic amines is 1. The summed E-state index contributed by atoms with van der Waals surface area (Å²) in [5, 5.41) is 12.5. The number of fused-ring (bicyclic) bond motifs is 1. The molecule has 3 unspecified atom stereocenters. The Kier molecular flexibility index (Phi) is 5.76. The monoisotopic (exact) mass is 408 g/mol. The van der Waals surface area contributed by atoms with E-state index in [4.69, 9.17) is 10.5 Å². The third-order valence-corrected chi connectivity index (χ3v) is 5.88. The summed E-state index contributed by atoms with van der Waals surface area (Å²) in [4.78, 5) is 15.0. The molecule has 30 heavy (non-hydrogen) atoms. The lowest BCUT2D eigenvalue weighted by Crippen LogP contribution is -2.43. The van der Waals surface area contributed by atoms with Gasteiger partial charge in [-0.1, -0.05) is 43.3 Å². The van der Waals surface area contributed by atoms with Gasteiger partial charge in [0.25, 0.3) is 0 Å². The molecule has 1 saturated heterocycles. The van der Waals surface area contributed by atoms with Crippen LogP contribution in [0, 0.1) is 0 Å². The van der Waals surface area contributed by atoms with E-state index < -0.39 is 12.0 Å². The minimum atomic E-state index is -0.836. The molecule has 4 rings (SSSR count). The number of aromatic nitrogens is 1. The molecule has 0 spiro atoms. The van der Waals surface area contributed by atoms with E-state index in [1.54, 1.807) is 12.1 Å². The van der Waals surface area contributed by atoms with Gasteiger partial charge >= 0.3 is 5.97 Å². The fourth-order valence-corrected chi connectivity index (χ4v) is 4.30. The first kappa shape index (κ1) is 20.4. The molecule has 2 heterocycles. The lowest BCUT2D eigenvalue weighted by Gasteiger charge is -2.21. The van der Waals surface area contributed by atoms with Gasteiger partial charge in [-0.2, -0.15) is 0 Å². The minimum absolute atomic E-state index is 0.130. The summed E-state index contributed by atoms with van der Waals surface area (Å²) in [5.74, 6) is 0.167. The number of nitrogens with two attached hydrogens (primary N) is 1. The Balaban J connectivity index is 1.41. The summed E-state index contributed by atoms with van der Waals surface area (Å²) in [7, 11) is 1.66. The number of nitrogens with one attached hydrogen (secondary N) is 2. The van der Waals surface area contributed by atoms with Crippen LogP contribution in [0.25, 0.3) is 10.9 Å². The highest BCUT2D eigenvalue weighted by molar-refractivity contribution is 5.84. The van der Waals surface area contributed by atoms with Crippen molar-refractivity contribution in [2.75, 3.05) is 7.11 Å². The number of methoxy groups -OCH3 is 1.